The average molecular weight is 432 g/mol. The number of pyridine rings is 3. The number of rotatable bonds is 4. The van der Waals surface area contributed by atoms with Crippen LogP contribution in [0, 0.1) is 0 Å². The third-order valence-electron chi connectivity index (χ3n) is 5.34. The first-order chi connectivity index (χ1) is 15.2. The van der Waals surface area contributed by atoms with Gasteiger partial charge in [0.05, 0.1) is 23.6 Å². The largest absolute Gasteiger partial charge is 0.383 e. The van der Waals surface area contributed by atoms with Gasteiger partial charge in [-0.25, -0.2) is 13.5 Å². The zero-order valence-corrected chi connectivity index (χ0v) is 17.6. The molecule has 2 N–H and O–H groups in total. The van der Waals surface area contributed by atoms with Crippen molar-refractivity contribution in [2.45, 2.75) is 4.90 Å². The standard InChI is InChI=1S/C23H21N5O2S/c24-23-22(31(29)28-9-11-30-12-10-28)14-18(15-27-23)17-1-2-21-20(13-17)19(5-8-26-21)16-3-6-25-7-4-16/h1-8,13-15H,9-12H2,(H2,24,27). The first-order valence-corrected chi connectivity index (χ1v) is 11.1. The highest BCUT2D eigenvalue weighted by molar-refractivity contribution is 7.82. The monoisotopic (exact) mass is 431 g/mol. The summed E-state index contributed by atoms with van der Waals surface area (Å²) in [6, 6.07) is 13.9. The Bertz CT molecular complexity index is 1260. The van der Waals surface area contributed by atoms with Gasteiger partial charge in [-0.05, 0) is 53.1 Å². The van der Waals surface area contributed by atoms with Gasteiger partial charge in [-0.2, -0.15) is 0 Å². The number of benzene rings is 1. The molecule has 0 amide bonds. The molecule has 5 rings (SSSR count). The molecule has 4 heterocycles. The van der Waals surface area contributed by atoms with Crippen molar-refractivity contribution in [3.63, 3.8) is 0 Å². The number of nitrogens with two attached hydrogens (primary N) is 1. The Morgan fingerprint density at radius 3 is 2.52 bits per heavy atom. The van der Waals surface area contributed by atoms with Gasteiger partial charge in [-0.3, -0.25) is 9.97 Å². The quantitative estimate of drug-likeness (QED) is 0.533. The SMILES string of the molecule is Nc1ncc(-c2ccc3nccc(-c4ccncc4)c3c2)cc1S(=O)N1CCOCC1. The Labute approximate surface area is 182 Å². The van der Waals surface area contributed by atoms with Gasteiger partial charge in [0, 0.05) is 48.8 Å². The lowest BCUT2D eigenvalue weighted by molar-refractivity contribution is 0.0752. The van der Waals surface area contributed by atoms with Crippen LogP contribution in [0.25, 0.3) is 33.2 Å². The minimum absolute atomic E-state index is 0.286. The van der Waals surface area contributed by atoms with Gasteiger partial charge >= 0.3 is 0 Å². The second kappa shape index (κ2) is 8.50. The molecule has 1 aliphatic rings. The molecule has 8 heteroatoms. The van der Waals surface area contributed by atoms with Gasteiger partial charge in [0.15, 0.2) is 0 Å². The van der Waals surface area contributed by atoms with Gasteiger partial charge in [-0.15, -0.1) is 0 Å². The predicted octanol–water partition coefficient (Wildman–Crippen LogP) is 3.30. The molecule has 1 unspecified atom stereocenters. The van der Waals surface area contributed by atoms with Gasteiger partial charge in [0.2, 0.25) is 0 Å². The Kier molecular flexibility index (Phi) is 5.42. The second-order valence-corrected chi connectivity index (χ2v) is 8.68. The molecule has 31 heavy (non-hydrogen) atoms. The second-order valence-electron chi connectivity index (χ2n) is 7.22. The van der Waals surface area contributed by atoms with E-state index in [1.807, 2.05) is 46.9 Å². The number of morpholine rings is 1. The van der Waals surface area contributed by atoms with E-state index in [1.54, 1.807) is 18.6 Å². The van der Waals surface area contributed by atoms with E-state index in [4.69, 9.17) is 10.5 Å². The van der Waals surface area contributed by atoms with Crippen LogP contribution in [-0.2, 0) is 15.7 Å². The molecule has 0 bridgehead atoms. The fourth-order valence-corrected chi connectivity index (χ4v) is 4.93. The zero-order valence-electron chi connectivity index (χ0n) is 16.8. The summed E-state index contributed by atoms with van der Waals surface area (Å²) in [7, 11) is -1.38. The van der Waals surface area contributed by atoms with E-state index in [0.29, 0.717) is 31.2 Å². The highest BCUT2D eigenvalue weighted by Crippen LogP contribution is 2.32. The highest BCUT2D eigenvalue weighted by Gasteiger charge is 2.21. The van der Waals surface area contributed by atoms with Crippen LogP contribution in [0.5, 0.6) is 0 Å². The summed E-state index contributed by atoms with van der Waals surface area (Å²) >= 11 is 0. The Morgan fingerprint density at radius 2 is 1.71 bits per heavy atom. The molecule has 7 nitrogen and oxygen atoms in total. The molecule has 1 aliphatic heterocycles. The number of hydrogen-bond acceptors (Lipinski definition) is 6. The number of aromatic nitrogens is 3. The minimum Gasteiger partial charge on any atom is -0.383 e. The van der Waals surface area contributed by atoms with E-state index in [2.05, 4.69) is 21.0 Å². The first-order valence-electron chi connectivity index (χ1n) is 10.0. The summed E-state index contributed by atoms with van der Waals surface area (Å²) in [6.07, 6.45) is 7.09. The van der Waals surface area contributed by atoms with Crippen LogP contribution in [-0.4, -0.2) is 49.8 Å². The van der Waals surface area contributed by atoms with Gasteiger partial charge in [0.1, 0.15) is 16.8 Å². The van der Waals surface area contributed by atoms with E-state index in [0.717, 1.165) is 33.2 Å². The predicted molar refractivity (Wildman–Crippen MR) is 121 cm³/mol. The molecule has 1 aromatic carbocycles. The number of fused-ring (bicyclic) bond motifs is 1. The van der Waals surface area contributed by atoms with E-state index in [1.165, 1.54) is 0 Å². The van der Waals surface area contributed by atoms with E-state index in [9.17, 15) is 4.21 Å². The summed E-state index contributed by atoms with van der Waals surface area (Å²) in [5, 5.41) is 1.03. The maximum atomic E-state index is 13.1. The number of nitrogens with zero attached hydrogens (tertiary/aromatic N) is 4. The number of hydrogen-bond donors (Lipinski definition) is 1. The van der Waals surface area contributed by atoms with Gasteiger partial charge in [-0.1, -0.05) is 6.07 Å². The van der Waals surface area contributed by atoms with E-state index < -0.39 is 11.0 Å². The lowest BCUT2D eigenvalue weighted by Gasteiger charge is -2.25. The number of nitrogen functional groups attached to an aromatic ring is 1. The zero-order chi connectivity index (χ0) is 21.2. The van der Waals surface area contributed by atoms with E-state index >= 15 is 0 Å². The van der Waals surface area contributed by atoms with Crippen molar-refractivity contribution in [2.24, 2.45) is 0 Å². The van der Waals surface area contributed by atoms with Crippen LogP contribution in [0.2, 0.25) is 0 Å². The fraction of sp³-hybridized carbons (Fsp3) is 0.174. The van der Waals surface area contributed by atoms with Crippen LogP contribution in [0.3, 0.4) is 0 Å². The molecule has 1 fully saturated rings. The molecule has 3 aromatic heterocycles. The Morgan fingerprint density at radius 1 is 0.903 bits per heavy atom. The van der Waals surface area contributed by atoms with E-state index in [-0.39, 0.29) is 5.82 Å². The molecule has 0 saturated carbocycles. The molecule has 0 radical (unpaired) electrons. The summed E-state index contributed by atoms with van der Waals surface area (Å²) in [5.41, 5.74) is 11.0. The van der Waals surface area contributed by atoms with Crippen molar-refractivity contribution in [2.75, 3.05) is 32.0 Å². The molecular formula is C23H21N5O2S. The number of ether oxygens (including phenoxy) is 1. The van der Waals surface area contributed by atoms with Crippen LogP contribution >= 0.6 is 0 Å². The molecule has 156 valence electrons. The van der Waals surface area contributed by atoms with Crippen molar-refractivity contribution in [1.82, 2.24) is 19.3 Å². The van der Waals surface area contributed by atoms with Crippen LogP contribution in [0.4, 0.5) is 5.82 Å². The molecule has 4 aromatic rings. The summed E-state index contributed by atoms with van der Waals surface area (Å²) in [6.45, 7) is 2.34. The van der Waals surface area contributed by atoms with Crippen LogP contribution in [0.15, 0.2) is 72.1 Å². The normalized spacial score (nSPS) is 15.7. The van der Waals surface area contributed by atoms with Crippen molar-refractivity contribution in [1.29, 1.82) is 0 Å². The third kappa shape index (κ3) is 3.93. The average Bonchev–Trinajstić information content (AvgIpc) is 2.84. The van der Waals surface area contributed by atoms with Crippen LogP contribution < -0.4 is 5.73 Å². The summed E-state index contributed by atoms with van der Waals surface area (Å²) < 4.78 is 20.3. The molecule has 0 spiro atoms. The third-order valence-corrected chi connectivity index (χ3v) is 6.88. The van der Waals surface area contributed by atoms with Crippen molar-refractivity contribution >= 4 is 27.7 Å². The van der Waals surface area contributed by atoms with Crippen LogP contribution in [0.1, 0.15) is 0 Å². The van der Waals surface area contributed by atoms with Crippen molar-refractivity contribution in [3.05, 3.63) is 67.3 Å². The first kappa shape index (κ1) is 19.7. The maximum absolute atomic E-state index is 13.1. The smallest absolute Gasteiger partial charge is 0.141 e. The molecule has 1 atom stereocenters. The molecular weight excluding hydrogens is 410 g/mol. The Balaban J connectivity index is 1.57. The van der Waals surface area contributed by atoms with Crippen molar-refractivity contribution in [3.8, 4) is 22.3 Å². The lowest BCUT2D eigenvalue weighted by atomic mass is 9.98. The van der Waals surface area contributed by atoms with Gasteiger partial charge < -0.3 is 10.5 Å². The minimum atomic E-state index is -1.38. The summed E-state index contributed by atoms with van der Waals surface area (Å²) in [5.74, 6) is 0.286. The maximum Gasteiger partial charge on any atom is 0.141 e. The summed E-state index contributed by atoms with van der Waals surface area (Å²) in [4.78, 5) is 13.5. The fourth-order valence-electron chi connectivity index (χ4n) is 3.71. The molecule has 1 saturated heterocycles. The highest BCUT2D eigenvalue weighted by atomic mass is 32.2. The van der Waals surface area contributed by atoms with Gasteiger partial charge in [0.25, 0.3) is 0 Å². The lowest BCUT2D eigenvalue weighted by Crippen LogP contribution is -2.37. The Hall–Kier alpha value is -3.20. The van der Waals surface area contributed by atoms with Crippen molar-refractivity contribution < 1.29 is 8.95 Å². The topological polar surface area (TPSA) is 94.2 Å². The number of anilines is 1. The molecule has 0 aliphatic carbocycles.